The second kappa shape index (κ2) is 4.78. The van der Waals surface area contributed by atoms with Crippen LogP contribution < -0.4 is 0 Å². The molecular formula is C13H16O2. The van der Waals surface area contributed by atoms with E-state index in [2.05, 4.69) is 6.58 Å². The SMILES string of the molecule is C=C(C)c1cccc([C@H](C)C(=O)OC)c1. The Hall–Kier alpha value is -1.57. The first-order valence-corrected chi connectivity index (χ1v) is 4.90. The molecule has 0 N–H and O–H groups in total. The molecule has 0 heterocycles. The van der Waals surface area contributed by atoms with Gasteiger partial charge in [-0.25, -0.2) is 0 Å². The van der Waals surface area contributed by atoms with Gasteiger partial charge in [-0.15, -0.1) is 0 Å². The second-order valence-electron chi connectivity index (χ2n) is 3.65. The Bertz CT molecular complexity index is 380. The molecule has 1 rings (SSSR count). The highest BCUT2D eigenvalue weighted by Gasteiger charge is 2.15. The van der Waals surface area contributed by atoms with Crippen LogP contribution in [0.3, 0.4) is 0 Å². The number of hydrogen-bond acceptors (Lipinski definition) is 2. The van der Waals surface area contributed by atoms with Crippen molar-refractivity contribution in [3.8, 4) is 0 Å². The van der Waals surface area contributed by atoms with Gasteiger partial charge in [0.15, 0.2) is 0 Å². The highest BCUT2D eigenvalue weighted by atomic mass is 16.5. The van der Waals surface area contributed by atoms with Crippen LogP contribution in [-0.4, -0.2) is 13.1 Å². The van der Waals surface area contributed by atoms with Crippen molar-refractivity contribution in [2.24, 2.45) is 0 Å². The summed E-state index contributed by atoms with van der Waals surface area (Å²) < 4.78 is 4.71. The standard InChI is InChI=1S/C13H16O2/c1-9(2)11-6-5-7-12(8-11)10(3)13(14)15-4/h5-8,10H,1H2,2-4H3/t10-/m0/s1. The summed E-state index contributed by atoms with van der Waals surface area (Å²) in [5, 5.41) is 0. The average molecular weight is 204 g/mol. The van der Waals surface area contributed by atoms with E-state index >= 15 is 0 Å². The summed E-state index contributed by atoms with van der Waals surface area (Å²) in [4.78, 5) is 11.3. The zero-order valence-electron chi connectivity index (χ0n) is 9.41. The molecule has 0 aliphatic rings. The van der Waals surface area contributed by atoms with Crippen LogP contribution in [-0.2, 0) is 9.53 Å². The molecule has 1 aromatic carbocycles. The van der Waals surface area contributed by atoms with Crippen molar-refractivity contribution in [1.82, 2.24) is 0 Å². The monoisotopic (exact) mass is 204 g/mol. The molecule has 0 aliphatic heterocycles. The number of carbonyl (C=O) groups is 1. The van der Waals surface area contributed by atoms with Crippen LogP contribution in [0, 0.1) is 0 Å². The Morgan fingerprint density at radius 3 is 2.67 bits per heavy atom. The summed E-state index contributed by atoms with van der Waals surface area (Å²) in [5.74, 6) is -0.442. The van der Waals surface area contributed by atoms with Crippen LogP contribution in [0.15, 0.2) is 30.8 Å². The van der Waals surface area contributed by atoms with E-state index in [0.29, 0.717) is 0 Å². The largest absolute Gasteiger partial charge is 0.469 e. The van der Waals surface area contributed by atoms with Crippen molar-refractivity contribution in [3.05, 3.63) is 42.0 Å². The van der Waals surface area contributed by atoms with Gasteiger partial charge in [-0.3, -0.25) is 4.79 Å². The molecule has 0 fully saturated rings. The van der Waals surface area contributed by atoms with E-state index in [1.54, 1.807) is 0 Å². The first-order chi connectivity index (χ1) is 7.06. The molecule has 0 aliphatic carbocycles. The minimum Gasteiger partial charge on any atom is -0.469 e. The summed E-state index contributed by atoms with van der Waals surface area (Å²) >= 11 is 0. The van der Waals surface area contributed by atoms with Gasteiger partial charge in [-0.1, -0.05) is 36.4 Å². The third-order valence-electron chi connectivity index (χ3n) is 2.43. The van der Waals surface area contributed by atoms with Crippen LogP contribution in [0.5, 0.6) is 0 Å². The van der Waals surface area contributed by atoms with E-state index in [1.807, 2.05) is 38.1 Å². The number of rotatable bonds is 3. The first kappa shape index (κ1) is 11.5. The fourth-order valence-corrected chi connectivity index (χ4v) is 1.39. The molecule has 0 radical (unpaired) electrons. The molecule has 0 unspecified atom stereocenters. The maximum Gasteiger partial charge on any atom is 0.312 e. The van der Waals surface area contributed by atoms with Gasteiger partial charge >= 0.3 is 5.97 Å². The first-order valence-electron chi connectivity index (χ1n) is 4.90. The van der Waals surface area contributed by atoms with E-state index in [4.69, 9.17) is 4.74 Å². The number of allylic oxidation sites excluding steroid dienone is 1. The number of esters is 1. The quantitative estimate of drug-likeness (QED) is 0.707. The fourth-order valence-electron chi connectivity index (χ4n) is 1.39. The molecule has 1 aromatic rings. The molecule has 2 heteroatoms. The normalized spacial score (nSPS) is 11.9. The summed E-state index contributed by atoms with van der Waals surface area (Å²) in [6, 6.07) is 7.81. The van der Waals surface area contributed by atoms with Crippen molar-refractivity contribution in [3.63, 3.8) is 0 Å². The van der Waals surface area contributed by atoms with Gasteiger partial charge in [-0.2, -0.15) is 0 Å². The topological polar surface area (TPSA) is 26.3 Å². The molecule has 0 amide bonds. The van der Waals surface area contributed by atoms with Gasteiger partial charge in [0.25, 0.3) is 0 Å². The van der Waals surface area contributed by atoms with Gasteiger partial charge in [0, 0.05) is 0 Å². The van der Waals surface area contributed by atoms with Gasteiger partial charge in [0.05, 0.1) is 13.0 Å². The molecule has 2 nitrogen and oxygen atoms in total. The molecule has 0 bridgehead atoms. The van der Waals surface area contributed by atoms with E-state index in [9.17, 15) is 4.79 Å². The molecule has 80 valence electrons. The third-order valence-corrected chi connectivity index (χ3v) is 2.43. The van der Waals surface area contributed by atoms with E-state index in [1.165, 1.54) is 7.11 Å². The Morgan fingerprint density at radius 1 is 1.47 bits per heavy atom. The fraction of sp³-hybridized carbons (Fsp3) is 0.308. The number of benzene rings is 1. The Morgan fingerprint density at radius 2 is 2.13 bits per heavy atom. The predicted octanol–water partition coefficient (Wildman–Crippen LogP) is 3.00. The summed E-state index contributed by atoms with van der Waals surface area (Å²) in [7, 11) is 1.40. The molecule has 0 aromatic heterocycles. The lowest BCUT2D eigenvalue weighted by atomic mass is 9.97. The summed E-state index contributed by atoms with van der Waals surface area (Å²) in [6.07, 6.45) is 0. The smallest absolute Gasteiger partial charge is 0.312 e. The van der Waals surface area contributed by atoms with E-state index in [-0.39, 0.29) is 11.9 Å². The van der Waals surface area contributed by atoms with Crippen molar-refractivity contribution >= 4 is 11.5 Å². The number of ether oxygens (including phenoxy) is 1. The van der Waals surface area contributed by atoms with Crippen molar-refractivity contribution in [2.45, 2.75) is 19.8 Å². The summed E-state index contributed by atoms with van der Waals surface area (Å²) in [6.45, 7) is 7.66. The van der Waals surface area contributed by atoms with Gasteiger partial charge in [0.1, 0.15) is 0 Å². The third kappa shape index (κ3) is 2.69. The number of hydrogen-bond donors (Lipinski definition) is 0. The zero-order chi connectivity index (χ0) is 11.4. The Labute approximate surface area is 90.6 Å². The van der Waals surface area contributed by atoms with Crippen LogP contribution in [0.1, 0.15) is 30.9 Å². The minimum absolute atomic E-state index is 0.214. The molecule has 0 saturated carbocycles. The highest BCUT2D eigenvalue weighted by molar-refractivity contribution is 5.78. The lowest BCUT2D eigenvalue weighted by Crippen LogP contribution is -2.10. The molecule has 15 heavy (non-hydrogen) atoms. The van der Waals surface area contributed by atoms with Gasteiger partial charge in [0.2, 0.25) is 0 Å². The van der Waals surface area contributed by atoms with Crippen LogP contribution >= 0.6 is 0 Å². The maximum atomic E-state index is 11.3. The Kier molecular flexibility index (Phi) is 3.67. The Balaban J connectivity index is 3.00. The van der Waals surface area contributed by atoms with Crippen LogP contribution in [0.2, 0.25) is 0 Å². The molecular weight excluding hydrogens is 188 g/mol. The van der Waals surface area contributed by atoms with Crippen molar-refractivity contribution in [1.29, 1.82) is 0 Å². The number of methoxy groups -OCH3 is 1. The average Bonchev–Trinajstić information content (AvgIpc) is 2.27. The number of carbonyl (C=O) groups excluding carboxylic acids is 1. The lowest BCUT2D eigenvalue weighted by Gasteiger charge is -2.10. The van der Waals surface area contributed by atoms with E-state index < -0.39 is 0 Å². The minimum atomic E-state index is -0.228. The predicted molar refractivity (Wildman–Crippen MR) is 61.6 cm³/mol. The van der Waals surface area contributed by atoms with Crippen molar-refractivity contribution < 1.29 is 9.53 Å². The molecule has 0 spiro atoms. The highest BCUT2D eigenvalue weighted by Crippen LogP contribution is 2.20. The summed E-state index contributed by atoms with van der Waals surface area (Å²) in [5.41, 5.74) is 3.01. The van der Waals surface area contributed by atoms with E-state index in [0.717, 1.165) is 16.7 Å². The molecule has 0 saturated heterocycles. The van der Waals surface area contributed by atoms with Crippen LogP contribution in [0.25, 0.3) is 5.57 Å². The van der Waals surface area contributed by atoms with Gasteiger partial charge in [-0.05, 0) is 25.0 Å². The van der Waals surface area contributed by atoms with Gasteiger partial charge < -0.3 is 4.74 Å². The van der Waals surface area contributed by atoms with Crippen LogP contribution in [0.4, 0.5) is 0 Å². The zero-order valence-corrected chi connectivity index (χ0v) is 9.41. The lowest BCUT2D eigenvalue weighted by molar-refractivity contribution is -0.141. The maximum absolute atomic E-state index is 11.3. The molecule has 1 atom stereocenters. The van der Waals surface area contributed by atoms with Crippen molar-refractivity contribution in [2.75, 3.05) is 7.11 Å². The second-order valence-corrected chi connectivity index (χ2v) is 3.65.